The number of hydrogen-bond donors (Lipinski definition) is 3. The van der Waals surface area contributed by atoms with Gasteiger partial charge in [-0.15, -0.1) is 0 Å². The molecule has 1 aliphatic rings. The molecule has 1 amide bonds. The molecular weight excluding hydrogens is 430 g/mol. The third-order valence-electron chi connectivity index (χ3n) is 6.12. The fourth-order valence-corrected chi connectivity index (χ4v) is 4.54. The number of aliphatic hydroxyl groups excluding tert-OH is 1. The highest BCUT2D eigenvalue weighted by molar-refractivity contribution is 6.35. The van der Waals surface area contributed by atoms with E-state index in [1.54, 1.807) is 42.4 Å². The summed E-state index contributed by atoms with van der Waals surface area (Å²) in [6.07, 6.45) is 5.43. The van der Waals surface area contributed by atoms with Crippen LogP contribution in [0.2, 0.25) is 5.02 Å². The van der Waals surface area contributed by atoms with Crippen LogP contribution in [0.1, 0.15) is 48.5 Å². The maximum Gasteiger partial charge on any atom is 0.251 e. The van der Waals surface area contributed by atoms with Gasteiger partial charge in [0.1, 0.15) is 23.9 Å². The number of anilines is 1. The number of nitrogens with one attached hydrogen (secondary N) is 2. The fraction of sp³-hybridized carbons (Fsp3) is 0.391. The quantitative estimate of drug-likeness (QED) is 0.491. The van der Waals surface area contributed by atoms with Gasteiger partial charge in [-0.25, -0.2) is 9.97 Å². The van der Waals surface area contributed by atoms with Crippen molar-refractivity contribution < 1.29 is 14.7 Å². The molecule has 1 fully saturated rings. The number of benzene rings is 1. The summed E-state index contributed by atoms with van der Waals surface area (Å²) in [6, 6.07) is 7.21. The predicted octanol–water partition coefficient (Wildman–Crippen LogP) is 3.40. The van der Waals surface area contributed by atoms with E-state index in [0.717, 1.165) is 25.7 Å². The molecule has 1 atom stereocenters. The number of rotatable bonds is 6. The van der Waals surface area contributed by atoms with Gasteiger partial charge in [0.05, 0.1) is 16.0 Å². The van der Waals surface area contributed by atoms with E-state index >= 15 is 0 Å². The van der Waals surface area contributed by atoms with Crippen LogP contribution in [0.3, 0.4) is 0 Å². The van der Waals surface area contributed by atoms with E-state index in [9.17, 15) is 14.7 Å². The number of aliphatic hydroxyl groups is 1. The van der Waals surface area contributed by atoms with Gasteiger partial charge < -0.3 is 20.3 Å². The lowest BCUT2D eigenvalue weighted by Crippen LogP contribution is -2.45. The third-order valence-corrected chi connectivity index (χ3v) is 6.45. The summed E-state index contributed by atoms with van der Waals surface area (Å²) in [5, 5.41) is 14.1. The molecule has 3 N–H and O–H groups in total. The molecule has 2 aromatic heterocycles. The molecule has 0 spiro atoms. The molecule has 1 aromatic carbocycles. The molecule has 32 heavy (non-hydrogen) atoms. The molecule has 9 heteroatoms. The summed E-state index contributed by atoms with van der Waals surface area (Å²) in [5.74, 6) is 0.152. The average molecular weight is 456 g/mol. The van der Waals surface area contributed by atoms with Gasteiger partial charge in [0.15, 0.2) is 5.78 Å². The fourth-order valence-electron chi connectivity index (χ4n) is 4.32. The van der Waals surface area contributed by atoms with Crippen molar-refractivity contribution in [3.63, 3.8) is 0 Å². The molecule has 0 aliphatic heterocycles. The van der Waals surface area contributed by atoms with E-state index < -0.39 is 6.10 Å². The van der Waals surface area contributed by atoms with Gasteiger partial charge in [0.25, 0.3) is 5.91 Å². The van der Waals surface area contributed by atoms with E-state index in [0.29, 0.717) is 33.0 Å². The summed E-state index contributed by atoms with van der Waals surface area (Å²) in [6.45, 7) is 1.49. The molecule has 168 valence electrons. The van der Waals surface area contributed by atoms with E-state index in [1.165, 1.54) is 13.3 Å². The Kier molecular flexibility index (Phi) is 6.43. The third kappa shape index (κ3) is 4.33. The van der Waals surface area contributed by atoms with Gasteiger partial charge in [-0.1, -0.05) is 23.7 Å². The maximum atomic E-state index is 13.2. The summed E-state index contributed by atoms with van der Waals surface area (Å²) >= 11 is 6.24. The molecule has 1 unspecified atom stereocenters. The van der Waals surface area contributed by atoms with Gasteiger partial charge in [-0.2, -0.15) is 0 Å². The number of aromatic nitrogens is 3. The number of amides is 1. The highest BCUT2D eigenvalue weighted by Crippen LogP contribution is 2.30. The minimum absolute atomic E-state index is 0.102. The normalized spacial score (nSPS) is 19.5. The Morgan fingerprint density at radius 2 is 1.91 bits per heavy atom. The lowest BCUT2D eigenvalue weighted by atomic mass is 9.90. The first-order chi connectivity index (χ1) is 15.4. The smallest absolute Gasteiger partial charge is 0.251 e. The number of halogens is 1. The van der Waals surface area contributed by atoms with Crippen LogP contribution in [0.4, 0.5) is 5.82 Å². The predicted molar refractivity (Wildman–Crippen MR) is 123 cm³/mol. The van der Waals surface area contributed by atoms with Crippen molar-refractivity contribution in [2.24, 2.45) is 0 Å². The zero-order valence-corrected chi connectivity index (χ0v) is 18.8. The summed E-state index contributed by atoms with van der Waals surface area (Å²) < 4.78 is 0. The van der Waals surface area contributed by atoms with Gasteiger partial charge in [-0.3, -0.25) is 9.59 Å². The second-order valence-electron chi connectivity index (χ2n) is 8.23. The van der Waals surface area contributed by atoms with Crippen LogP contribution < -0.4 is 5.32 Å². The number of hydrogen-bond acceptors (Lipinski definition) is 6. The van der Waals surface area contributed by atoms with E-state index in [4.69, 9.17) is 11.6 Å². The molecule has 0 radical (unpaired) electrons. The highest BCUT2D eigenvalue weighted by atomic mass is 35.5. The van der Waals surface area contributed by atoms with Gasteiger partial charge >= 0.3 is 0 Å². The van der Waals surface area contributed by atoms with Crippen molar-refractivity contribution in [1.82, 2.24) is 19.9 Å². The zero-order valence-electron chi connectivity index (χ0n) is 18.0. The van der Waals surface area contributed by atoms with Crippen molar-refractivity contribution in [2.75, 3.05) is 12.4 Å². The molecule has 0 saturated heterocycles. The minimum Gasteiger partial charge on any atom is -0.384 e. The van der Waals surface area contributed by atoms with Crippen LogP contribution >= 0.6 is 11.6 Å². The van der Waals surface area contributed by atoms with Crippen molar-refractivity contribution in [1.29, 1.82) is 0 Å². The van der Waals surface area contributed by atoms with Gasteiger partial charge in [-0.05, 0) is 44.7 Å². The largest absolute Gasteiger partial charge is 0.384 e. The summed E-state index contributed by atoms with van der Waals surface area (Å²) in [5.41, 5.74) is 1.47. The first-order valence-electron chi connectivity index (χ1n) is 10.7. The lowest BCUT2D eigenvalue weighted by molar-refractivity contribution is -0.140. The van der Waals surface area contributed by atoms with Crippen LogP contribution in [-0.4, -0.2) is 61.9 Å². The Balaban J connectivity index is 1.53. The topological polar surface area (TPSA) is 111 Å². The van der Waals surface area contributed by atoms with E-state index in [2.05, 4.69) is 20.3 Å². The summed E-state index contributed by atoms with van der Waals surface area (Å²) in [4.78, 5) is 38.6. The number of likely N-dealkylation sites (N-methyl/N-ethyl adjacent to an activating group) is 1. The van der Waals surface area contributed by atoms with Crippen molar-refractivity contribution in [3.8, 4) is 0 Å². The first kappa shape index (κ1) is 22.2. The molecule has 8 nitrogen and oxygen atoms in total. The second kappa shape index (κ2) is 9.26. The number of aromatic amines is 1. The molecule has 4 rings (SSSR count). The molecular formula is C23H26ClN5O3. The van der Waals surface area contributed by atoms with Gasteiger partial charge in [0, 0.05) is 30.9 Å². The Labute approximate surface area is 191 Å². The number of carbonyl (C=O) groups excluding carboxylic acids is 2. The van der Waals surface area contributed by atoms with Crippen LogP contribution in [0.5, 0.6) is 0 Å². The lowest BCUT2D eigenvalue weighted by Gasteiger charge is -2.35. The van der Waals surface area contributed by atoms with Crippen LogP contribution in [0.15, 0.2) is 36.8 Å². The second-order valence-corrected chi connectivity index (χ2v) is 8.64. The first-order valence-corrected chi connectivity index (χ1v) is 11.1. The van der Waals surface area contributed by atoms with E-state index in [-0.39, 0.29) is 23.8 Å². The molecule has 1 aliphatic carbocycles. The number of nitrogens with zero attached hydrogens (tertiary/aromatic N) is 3. The Hall–Kier alpha value is -2.97. The monoisotopic (exact) mass is 455 g/mol. The highest BCUT2D eigenvalue weighted by Gasteiger charge is 2.29. The van der Waals surface area contributed by atoms with Crippen LogP contribution in [-0.2, 0) is 4.79 Å². The molecule has 2 heterocycles. The van der Waals surface area contributed by atoms with Crippen molar-refractivity contribution in [2.45, 2.75) is 50.8 Å². The Bertz CT molecular complexity index is 1140. The SMILES string of the molecule is CC(O)C(=O)N(C)[C@H]1CC[C@@H](Nc2ncnc3[nH]cc(C(=O)c4ccccc4Cl)c23)CC1. The average Bonchev–Trinajstić information content (AvgIpc) is 3.24. The van der Waals surface area contributed by atoms with Gasteiger partial charge in [0.2, 0.25) is 0 Å². The number of H-pyrrole nitrogens is 1. The number of ketones is 1. The van der Waals surface area contributed by atoms with Crippen LogP contribution in [0.25, 0.3) is 11.0 Å². The zero-order chi connectivity index (χ0) is 22.8. The summed E-state index contributed by atoms with van der Waals surface area (Å²) in [7, 11) is 1.74. The van der Waals surface area contributed by atoms with Crippen molar-refractivity contribution in [3.05, 3.63) is 52.9 Å². The molecule has 0 bridgehead atoms. The Morgan fingerprint density at radius 1 is 1.19 bits per heavy atom. The minimum atomic E-state index is -0.993. The molecule has 3 aromatic rings. The number of carbonyl (C=O) groups is 2. The Morgan fingerprint density at radius 3 is 2.59 bits per heavy atom. The number of fused-ring (bicyclic) bond motifs is 1. The van der Waals surface area contributed by atoms with Crippen LogP contribution in [0, 0.1) is 0 Å². The maximum absolute atomic E-state index is 13.2. The van der Waals surface area contributed by atoms with Crippen molar-refractivity contribution >= 4 is 40.1 Å². The van der Waals surface area contributed by atoms with E-state index in [1.807, 2.05) is 0 Å². The molecule has 1 saturated carbocycles. The standard InChI is InChI=1S/C23H26ClN5O3/c1-13(30)23(32)29(2)15-9-7-14(8-10-15)28-22-19-17(11-25-21(19)26-12-27-22)20(31)16-5-3-4-6-18(16)24/h3-6,11-15,30H,7-10H2,1-2H3,(H2,25,26,27,28)/t13?,14-,15+.